The maximum Gasteiger partial charge on any atom is 0.126 e. The molecule has 1 rings (SSSR count). The van der Waals surface area contributed by atoms with Gasteiger partial charge in [-0.05, 0) is 48.4 Å². The minimum atomic E-state index is 0.375. The molecule has 1 nitrogen and oxygen atoms in total. The largest absolute Gasteiger partial charge is 0.493 e. The Hall–Kier alpha value is -0.950. The van der Waals surface area contributed by atoms with Crippen molar-refractivity contribution in [2.24, 2.45) is 0 Å². The lowest BCUT2D eigenvalue weighted by molar-refractivity contribution is 0.329. The number of hydrogen-bond acceptors (Lipinski definition) is 1. The fraction of sp³-hybridized carbons (Fsp3) is 0.500. The Bertz CT molecular complexity index is 410. The predicted octanol–water partition coefficient (Wildman–Crippen LogP) is 5.54. The summed E-state index contributed by atoms with van der Waals surface area (Å²) in [5.74, 6) is 1.78. The Morgan fingerprint density at radius 2 is 1.89 bits per heavy atom. The van der Waals surface area contributed by atoms with Gasteiger partial charge in [0.05, 0.1) is 6.61 Å². The molecule has 0 saturated heterocycles. The van der Waals surface area contributed by atoms with Crippen molar-refractivity contribution in [3.8, 4) is 5.75 Å². The van der Waals surface area contributed by atoms with Gasteiger partial charge in [0.15, 0.2) is 0 Å². The summed E-state index contributed by atoms with van der Waals surface area (Å²) < 4.78 is 5.86. The van der Waals surface area contributed by atoms with Crippen LogP contribution in [-0.4, -0.2) is 6.61 Å². The SMILES string of the molecule is C=CCC(C)c1cc(Cl)cc(C(C)C)c1OCC. The van der Waals surface area contributed by atoms with Crippen LogP contribution in [0.15, 0.2) is 24.8 Å². The number of rotatable bonds is 6. The van der Waals surface area contributed by atoms with Crippen molar-refractivity contribution in [1.82, 2.24) is 0 Å². The van der Waals surface area contributed by atoms with Crippen LogP contribution >= 0.6 is 11.6 Å². The Labute approximate surface area is 116 Å². The number of benzene rings is 1. The molecule has 0 aliphatic rings. The van der Waals surface area contributed by atoms with E-state index in [1.165, 1.54) is 11.1 Å². The quantitative estimate of drug-likeness (QED) is 0.614. The average molecular weight is 267 g/mol. The first-order valence-electron chi connectivity index (χ1n) is 6.58. The van der Waals surface area contributed by atoms with Crippen LogP contribution in [0.4, 0.5) is 0 Å². The maximum absolute atomic E-state index is 6.23. The molecule has 1 aromatic rings. The molecule has 0 N–H and O–H groups in total. The first kappa shape index (κ1) is 15.1. The third-order valence-corrected chi connectivity index (χ3v) is 3.29. The van der Waals surface area contributed by atoms with E-state index in [0.29, 0.717) is 18.4 Å². The van der Waals surface area contributed by atoms with Gasteiger partial charge in [-0.2, -0.15) is 0 Å². The Morgan fingerprint density at radius 3 is 2.39 bits per heavy atom. The van der Waals surface area contributed by atoms with Crippen molar-refractivity contribution in [3.63, 3.8) is 0 Å². The van der Waals surface area contributed by atoms with Crippen molar-refractivity contribution >= 4 is 11.6 Å². The summed E-state index contributed by atoms with van der Waals surface area (Å²) in [5.41, 5.74) is 2.38. The Balaban J connectivity index is 3.32. The van der Waals surface area contributed by atoms with Gasteiger partial charge in [0, 0.05) is 5.02 Å². The van der Waals surface area contributed by atoms with Crippen molar-refractivity contribution in [2.75, 3.05) is 6.61 Å². The lowest BCUT2D eigenvalue weighted by atomic mass is 9.91. The number of allylic oxidation sites excluding steroid dienone is 1. The van der Waals surface area contributed by atoms with Gasteiger partial charge in [0.2, 0.25) is 0 Å². The second kappa shape index (κ2) is 6.84. The Morgan fingerprint density at radius 1 is 1.28 bits per heavy atom. The molecule has 0 amide bonds. The molecule has 0 aliphatic carbocycles. The normalized spacial score (nSPS) is 12.6. The fourth-order valence-electron chi connectivity index (χ4n) is 2.12. The smallest absolute Gasteiger partial charge is 0.126 e. The van der Waals surface area contributed by atoms with Gasteiger partial charge in [0.25, 0.3) is 0 Å². The average Bonchev–Trinajstić information content (AvgIpc) is 2.31. The molecule has 0 fully saturated rings. The molecule has 0 aromatic heterocycles. The van der Waals surface area contributed by atoms with Crippen molar-refractivity contribution in [1.29, 1.82) is 0 Å². The zero-order chi connectivity index (χ0) is 13.7. The van der Waals surface area contributed by atoms with E-state index < -0.39 is 0 Å². The molecular formula is C16H23ClO. The van der Waals surface area contributed by atoms with Crippen LogP contribution in [0.25, 0.3) is 0 Å². The van der Waals surface area contributed by atoms with Crippen LogP contribution in [0.1, 0.15) is 57.1 Å². The van der Waals surface area contributed by atoms with Crippen LogP contribution in [-0.2, 0) is 0 Å². The highest BCUT2D eigenvalue weighted by molar-refractivity contribution is 6.30. The summed E-state index contributed by atoms with van der Waals surface area (Å²) >= 11 is 6.23. The topological polar surface area (TPSA) is 9.23 Å². The first-order valence-corrected chi connectivity index (χ1v) is 6.96. The van der Waals surface area contributed by atoms with E-state index in [4.69, 9.17) is 16.3 Å². The van der Waals surface area contributed by atoms with E-state index in [2.05, 4.69) is 27.4 Å². The molecule has 0 radical (unpaired) electrons. The van der Waals surface area contributed by atoms with Gasteiger partial charge >= 0.3 is 0 Å². The van der Waals surface area contributed by atoms with E-state index in [1.54, 1.807) is 0 Å². The highest BCUT2D eigenvalue weighted by Crippen LogP contribution is 2.38. The molecule has 1 aromatic carbocycles. The number of hydrogen-bond donors (Lipinski definition) is 0. The van der Waals surface area contributed by atoms with E-state index >= 15 is 0 Å². The fourth-order valence-corrected chi connectivity index (χ4v) is 2.35. The monoisotopic (exact) mass is 266 g/mol. The lowest BCUT2D eigenvalue weighted by Crippen LogP contribution is -2.05. The first-order chi connectivity index (χ1) is 8.51. The molecule has 1 unspecified atom stereocenters. The van der Waals surface area contributed by atoms with Gasteiger partial charge in [-0.3, -0.25) is 0 Å². The van der Waals surface area contributed by atoms with Crippen molar-refractivity contribution in [2.45, 2.75) is 46.0 Å². The molecular weight excluding hydrogens is 244 g/mol. The van der Waals surface area contributed by atoms with Gasteiger partial charge in [-0.15, -0.1) is 6.58 Å². The lowest BCUT2D eigenvalue weighted by Gasteiger charge is -2.21. The van der Waals surface area contributed by atoms with Crippen LogP contribution < -0.4 is 4.74 Å². The summed E-state index contributed by atoms with van der Waals surface area (Å²) in [5, 5.41) is 0.785. The predicted molar refractivity (Wildman–Crippen MR) is 79.9 cm³/mol. The minimum Gasteiger partial charge on any atom is -0.493 e. The standard InChI is InChI=1S/C16H23ClO/c1-6-8-12(5)15-10-13(17)9-14(11(3)4)16(15)18-7-2/h6,9-12H,1,7-8H2,2-5H3. The van der Waals surface area contributed by atoms with Crippen LogP contribution in [0, 0.1) is 0 Å². The van der Waals surface area contributed by atoms with E-state index in [0.717, 1.165) is 17.2 Å². The summed E-state index contributed by atoms with van der Waals surface area (Å²) in [6.45, 7) is 13.0. The third kappa shape index (κ3) is 3.52. The van der Waals surface area contributed by atoms with Crippen LogP contribution in [0.2, 0.25) is 5.02 Å². The molecule has 0 aliphatic heterocycles. The molecule has 18 heavy (non-hydrogen) atoms. The van der Waals surface area contributed by atoms with E-state index in [-0.39, 0.29) is 0 Å². The Kier molecular flexibility index (Phi) is 5.74. The molecule has 1 atom stereocenters. The minimum absolute atomic E-state index is 0.375. The van der Waals surface area contributed by atoms with Gasteiger partial charge in [-0.1, -0.05) is 38.4 Å². The van der Waals surface area contributed by atoms with Crippen molar-refractivity contribution in [3.05, 3.63) is 40.9 Å². The number of ether oxygens (including phenoxy) is 1. The van der Waals surface area contributed by atoms with Gasteiger partial charge in [-0.25, -0.2) is 0 Å². The highest BCUT2D eigenvalue weighted by atomic mass is 35.5. The molecule has 100 valence electrons. The van der Waals surface area contributed by atoms with Crippen LogP contribution in [0.3, 0.4) is 0 Å². The summed E-state index contributed by atoms with van der Waals surface area (Å²) in [4.78, 5) is 0. The van der Waals surface area contributed by atoms with Gasteiger partial charge in [0.1, 0.15) is 5.75 Å². The maximum atomic E-state index is 6.23. The third-order valence-electron chi connectivity index (χ3n) is 3.07. The van der Waals surface area contributed by atoms with Crippen molar-refractivity contribution < 1.29 is 4.74 Å². The summed E-state index contributed by atoms with van der Waals surface area (Å²) in [6.07, 6.45) is 2.87. The highest BCUT2D eigenvalue weighted by Gasteiger charge is 2.18. The molecule has 0 heterocycles. The molecule has 2 heteroatoms. The van der Waals surface area contributed by atoms with E-state index in [1.807, 2.05) is 25.1 Å². The zero-order valence-electron chi connectivity index (χ0n) is 11.8. The van der Waals surface area contributed by atoms with Crippen LogP contribution in [0.5, 0.6) is 5.75 Å². The zero-order valence-corrected chi connectivity index (χ0v) is 12.6. The number of halogens is 1. The molecule has 0 spiro atoms. The molecule has 0 bridgehead atoms. The summed E-state index contributed by atoms with van der Waals surface area (Å²) in [7, 11) is 0. The van der Waals surface area contributed by atoms with Gasteiger partial charge < -0.3 is 4.74 Å². The summed E-state index contributed by atoms with van der Waals surface area (Å²) in [6, 6.07) is 4.04. The van der Waals surface area contributed by atoms with E-state index in [9.17, 15) is 0 Å². The molecule has 0 saturated carbocycles. The second-order valence-electron chi connectivity index (χ2n) is 4.93. The second-order valence-corrected chi connectivity index (χ2v) is 5.36.